The number of hydrogen-bond acceptors (Lipinski definition) is 5. The van der Waals surface area contributed by atoms with Crippen molar-refractivity contribution in [2.45, 2.75) is 20.1 Å². The van der Waals surface area contributed by atoms with Gasteiger partial charge in [-0.2, -0.15) is 10.1 Å². The summed E-state index contributed by atoms with van der Waals surface area (Å²) in [6.07, 6.45) is -0.619. The van der Waals surface area contributed by atoms with Crippen LogP contribution in [0.15, 0.2) is 65.8 Å². The fraction of sp³-hybridized carbons (Fsp3) is 0.136. The Labute approximate surface area is 181 Å². The number of halogens is 1. The Morgan fingerprint density at radius 1 is 1.13 bits per heavy atom. The topological polar surface area (TPSA) is 59.7 Å². The first-order valence-corrected chi connectivity index (χ1v) is 10.6. The van der Waals surface area contributed by atoms with Crippen LogP contribution in [-0.2, 0) is 9.53 Å². The van der Waals surface area contributed by atoms with Crippen LogP contribution < -0.4 is 0 Å². The summed E-state index contributed by atoms with van der Waals surface area (Å²) in [7, 11) is 0. The maximum absolute atomic E-state index is 12.2. The minimum absolute atomic E-state index is 0.197. The molecule has 1 amide bonds. The highest BCUT2D eigenvalue weighted by Gasteiger charge is 2.34. The van der Waals surface area contributed by atoms with E-state index >= 15 is 0 Å². The molecule has 0 saturated heterocycles. The Bertz CT molecular complexity index is 1280. The lowest BCUT2D eigenvalue weighted by Gasteiger charge is -2.19. The van der Waals surface area contributed by atoms with Crippen molar-refractivity contribution in [3.8, 4) is 5.69 Å². The molecule has 1 aliphatic heterocycles. The first-order valence-electron chi connectivity index (χ1n) is 9.37. The van der Waals surface area contributed by atoms with Crippen molar-refractivity contribution in [2.24, 2.45) is 5.10 Å². The lowest BCUT2D eigenvalue weighted by molar-refractivity contribution is -0.135. The molecule has 0 radical (unpaired) electrons. The number of carbonyl (C=O) groups excluding carboxylic acids is 1. The number of benzene rings is 2. The number of carbonyl (C=O) groups is 1. The predicted molar refractivity (Wildman–Crippen MR) is 118 cm³/mol. The second kappa shape index (κ2) is 7.27. The highest BCUT2D eigenvalue weighted by molar-refractivity contribution is 7.20. The second-order valence-electron chi connectivity index (χ2n) is 6.95. The van der Waals surface area contributed by atoms with Crippen molar-refractivity contribution in [2.75, 3.05) is 0 Å². The molecule has 6 nitrogen and oxygen atoms in total. The fourth-order valence-electron chi connectivity index (χ4n) is 3.41. The van der Waals surface area contributed by atoms with E-state index in [1.165, 1.54) is 23.3 Å². The SMILES string of the molecule is CC(=O)N1N=C(c2cc3c(C)nn(-c4ccccc4)c3s2)OC1c1ccc(Cl)cc1. The quantitative estimate of drug-likeness (QED) is 0.438. The number of thiophene rings is 1. The number of aromatic nitrogens is 2. The molecule has 0 bridgehead atoms. The van der Waals surface area contributed by atoms with Crippen LogP contribution in [-0.4, -0.2) is 26.6 Å². The van der Waals surface area contributed by atoms with Gasteiger partial charge in [0.2, 0.25) is 12.1 Å². The van der Waals surface area contributed by atoms with Gasteiger partial charge in [-0.05, 0) is 37.3 Å². The Morgan fingerprint density at radius 3 is 2.57 bits per heavy atom. The van der Waals surface area contributed by atoms with Crippen molar-refractivity contribution in [1.29, 1.82) is 0 Å². The molecule has 3 heterocycles. The molecule has 0 N–H and O–H groups in total. The molecule has 8 heteroatoms. The van der Waals surface area contributed by atoms with Gasteiger partial charge in [-0.3, -0.25) is 4.79 Å². The van der Waals surface area contributed by atoms with Crippen molar-refractivity contribution in [1.82, 2.24) is 14.8 Å². The van der Waals surface area contributed by atoms with E-state index in [1.54, 1.807) is 12.1 Å². The minimum Gasteiger partial charge on any atom is -0.445 e. The van der Waals surface area contributed by atoms with Gasteiger partial charge in [0.15, 0.2) is 0 Å². The lowest BCUT2D eigenvalue weighted by Crippen LogP contribution is -2.25. The molecule has 0 spiro atoms. The van der Waals surface area contributed by atoms with Crippen LogP contribution in [0.4, 0.5) is 0 Å². The van der Waals surface area contributed by atoms with Crippen LogP contribution in [0, 0.1) is 6.92 Å². The van der Waals surface area contributed by atoms with Crippen LogP contribution in [0.1, 0.15) is 29.3 Å². The fourth-order valence-corrected chi connectivity index (χ4v) is 4.64. The van der Waals surface area contributed by atoms with E-state index in [9.17, 15) is 4.79 Å². The number of nitrogens with zero attached hydrogens (tertiary/aromatic N) is 4. The molecular formula is C22H17ClN4O2S. The Kier molecular flexibility index (Phi) is 4.56. The molecular weight excluding hydrogens is 420 g/mol. The van der Waals surface area contributed by atoms with Gasteiger partial charge in [0.1, 0.15) is 4.83 Å². The summed E-state index contributed by atoms with van der Waals surface area (Å²) >= 11 is 7.53. The van der Waals surface area contributed by atoms with Crippen LogP contribution in [0.3, 0.4) is 0 Å². The summed E-state index contributed by atoms with van der Waals surface area (Å²) in [5.74, 6) is 0.225. The van der Waals surface area contributed by atoms with E-state index < -0.39 is 6.23 Å². The Balaban J connectivity index is 1.54. The van der Waals surface area contributed by atoms with E-state index in [0.29, 0.717) is 10.9 Å². The van der Waals surface area contributed by atoms with E-state index in [2.05, 4.69) is 10.2 Å². The number of hydrazone groups is 1. The summed E-state index contributed by atoms with van der Waals surface area (Å²) in [6.45, 7) is 3.45. The number of ether oxygens (including phenoxy) is 1. The third-order valence-corrected chi connectivity index (χ3v) is 6.23. The van der Waals surface area contributed by atoms with E-state index in [1.807, 2.05) is 60.1 Å². The summed E-state index contributed by atoms with van der Waals surface area (Å²) in [4.78, 5) is 14.0. The number of fused-ring (bicyclic) bond motifs is 1. The van der Waals surface area contributed by atoms with Crippen molar-refractivity contribution < 1.29 is 9.53 Å². The summed E-state index contributed by atoms with van der Waals surface area (Å²) in [5.41, 5.74) is 2.72. The van der Waals surface area contributed by atoms with Gasteiger partial charge in [-0.25, -0.2) is 4.68 Å². The van der Waals surface area contributed by atoms with Gasteiger partial charge in [-0.15, -0.1) is 16.4 Å². The van der Waals surface area contributed by atoms with Crippen LogP contribution >= 0.6 is 22.9 Å². The molecule has 0 fully saturated rings. The average Bonchev–Trinajstić information content (AvgIpc) is 3.44. The largest absolute Gasteiger partial charge is 0.445 e. The van der Waals surface area contributed by atoms with E-state index in [-0.39, 0.29) is 5.91 Å². The molecule has 2 aromatic heterocycles. The third-order valence-electron chi connectivity index (χ3n) is 4.88. The second-order valence-corrected chi connectivity index (χ2v) is 8.42. The molecule has 150 valence electrons. The van der Waals surface area contributed by atoms with Gasteiger partial charge in [-0.1, -0.05) is 41.9 Å². The lowest BCUT2D eigenvalue weighted by atomic mass is 10.2. The molecule has 1 aliphatic rings. The molecule has 0 saturated carbocycles. The molecule has 2 aromatic carbocycles. The first-order chi connectivity index (χ1) is 14.5. The number of aryl methyl sites for hydroxylation is 1. The highest BCUT2D eigenvalue weighted by atomic mass is 35.5. The minimum atomic E-state index is -0.619. The monoisotopic (exact) mass is 436 g/mol. The number of amides is 1. The molecule has 5 rings (SSSR count). The van der Waals surface area contributed by atoms with Crippen LogP contribution in [0.2, 0.25) is 5.02 Å². The third kappa shape index (κ3) is 3.16. The zero-order valence-corrected chi connectivity index (χ0v) is 17.8. The number of rotatable bonds is 3. The molecule has 1 unspecified atom stereocenters. The molecule has 30 heavy (non-hydrogen) atoms. The zero-order valence-electron chi connectivity index (χ0n) is 16.2. The van der Waals surface area contributed by atoms with Crippen LogP contribution in [0.5, 0.6) is 0 Å². The van der Waals surface area contributed by atoms with Crippen molar-refractivity contribution >= 4 is 45.0 Å². The maximum Gasteiger partial charge on any atom is 0.251 e. The number of hydrogen-bond donors (Lipinski definition) is 0. The van der Waals surface area contributed by atoms with Crippen molar-refractivity contribution in [3.05, 3.63) is 81.8 Å². The summed E-state index contributed by atoms with van der Waals surface area (Å²) in [6, 6.07) is 19.2. The van der Waals surface area contributed by atoms with E-state index in [4.69, 9.17) is 16.3 Å². The molecule has 1 atom stereocenters. The maximum atomic E-state index is 12.2. The number of para-hydroxylation sites is 1. The Morgan fingerprint density at radius 2 is 1.87 bits per heavy atom. The molecule has 4 aromatic rings. The van der Waals surface area contributed by atoms with E-state index in [0.717, 1.165) is 32.0 Å². The highest BCUT2D eigenvalue weighted by Crippen LogP contribution is 2.36. The average molecular weight is 437 g/mol. The van der Waals surface area contributed by atoms with Gasteiger partial charge in [0.25, 0.3) is 5.90 Å². The van der Waals surface area contributed by atoms with Gasteiger partial charge in [0, 0.05) is 22.9 Å². The predicted octanol–water partition coefficient (Wildman–Crippen LogP) is 5.29. The van der Waals surface area contributed by atoms with Crippen LogP contribution in [0.25, 0.3) is 15.9 Å². The summed E-state index contributed by atoms with van der Waals surface area (Å²) in [5, 5.41) is 12.2. The van der Waals surface area contributed by atoms with Gasteiger partial charge < -0.3 is 4.74 Å². The molecule has 0 aliphatic carbocycles. The zero-order chi connectivity index (χ0) is 20.8. The van der Waals surface area contributed by atoms with Gasteiger partial charge >= 0.3 is 0 Å². The van der Waals surface area contributed by atoms with Crippen molar-refractivity contribution in [3.63, 3.8) is 0 Å². The van der Waals surface area contributed by atoms with Gasteiger partial charge in [0.05, 0.1) is 16.3 Å². The summed E-state index contributed by atoms with van der Waals surface area (Å²) < 4.78 is 8.05. The normalized spacial score (nSPS) is 16.0. The standard InChI is InChI=1S/C22H17ClN4O2S/c1-13-18-12-19(30-22(18)27(24-13)17-6-4-3-5-7-17)20-25-26(14(2)28)21(29-20)15-8-10-16(23)11-9-15/h3-12,21H,1-2H3. The Hall–Kier alpha value is -3.16. The smallest absolute Gasteiger partial charge is 0.251 e. The first kappa shape index (κ1) is 18.8.